The van der Waals surface area contributed by atoms with E-state index in [1.807, 2.05) is 37.6 Å². The SMILES string of the molecule is Cc1nn(C[C@@H](O)c2cccc(Cl)c2)c(C)c1C. The molecule has 96 valence electrons. The quantitative estimate of drug-likeness (QED) is 0.925. The second-order valence-electron chi connectivity index (χ2n) is 4.55. The maximum Gasteiger partial charge on any atom is 0.0986 e. The van der Waals surface area contributed by atoms with Gasteiger partial charge in [-0.25, -0.2) is 0 Å². The number of aliphatic hydroxyl groups is 1. The minimum atomic E-state index is -0.596. The molecule has 1 aromatic carbocycles. The summed E-state index contributed by atoms with van der Waals surface area (Å²) in [7, 11) is 0. The van der Waals surface area contributed by atoms with Crippen LogP contribution in [-0.2, 0) is 6.54 Å². The van der Waals surface area contributed by atoms with E-state index in [2.05, 4.69) is 5.10 Å². The summed E-state index contributed by atoms with van der Waals surface area (Å²) >= 11 is 5.92. The monoisotopic (exact) mass is 264 g/mol. The normalized spacial score (nSPS) is 12.7. The molecule has 3 nitrogen and oxygen atoms in total. The predicted molar refractivity (Wildman–Crippen MR) is 72.8 cm³/mol. The van der Waals surface area contributed by atoms with Crippen LogP contribution >= 0.6 is 11.6 Å². The fraction of sp³-hybridized carbons (Fsp3) is 0.357. The summed E-state index contributed by atoms with van der Waals surface area (Å²) in [5.41, 5.74) is 4.08. The molecule has 0 aliphatic carbocycles. The lowest BCUT2D eigenvalue weighted by atomic mass is 10.1. The van der Waals surface area contributed by atoms with Gasteiger partial charge in [0.25, 0.3) is 0 Å². The van der Waals surface area contributed by atoms with Crippen molar-refractivity contribution in [2.45, 2.75) is 33.4 Å². The molecular weight excluding hydrogens is 248 g/mol. The molecule has 0 saturated heterocycles. The lowest BCUT2D eigenvalue weighted by molar-refractivity contribution is 0.150. The van der Waals surface area contributed by atoms with Gasteiger partial charge in [0.2, 0.25) is 0 Å². The molecule has 2 rings (SSSR count). The molecule has 0 unspecified atom stereocenters. The highest BCUT2D eigenvalue weighted by molar-refractivity contribution is 6.30. The summed E-state index contributed by atoms with van der Waals surface area (Å²) in [6, 6.07) is 7.29. The van der Waals surface area contributed by atoms with Crippen molar-refractivity contribution in [3.05, 3.63) is 51.8 Å². The van der Waals surface area contributed by atoms with Crippen LogP contribution in [0.2, 0.25) is 5.02 Å². The molecule has 18 heavy (non-hydrogen) atoms. The Morgan fingerprint density at radius 1 is 1.33 bits per heavy atom. The molecule has 0 amide bonds. The first kappa shape index (κ1) is 13.1. The zero-order chi connectivity index (χ0) is 13.3. The van der Waals surface area contributed by atoms with Crippen LogP contribution in [0.1, 0.15) is 28.6 Å². The molecule has 0 bridgehead atoms. The fourth-order valence-electron chi connectivity index (χ4n) is 1.95. The van der Waals surface area contributed by atoms with Crippen LogP contribution in [0.4, 0.5) is 0 Å². The molecule has 0 aliphatic rings. The van der Waals surface area contributed by atoms with E-state index in [1.54, 1.807) is 12.1 Å². The number of aryl methyl sites for hydroxylation is 1. The van der Waals surface area contributed by atoms with Crippen molar-refractivity contribution in [3.8, 4) is 0 Å². The maximum absolute atomic E-state index is 10.2. The van der Waals surface area contributed by atoms with E-state index in [0.717, 1.165) is 17.0 Å². The van der Waals surface area contributed by atoms with Gasteiger partial charge >= 0.3 is 0 Å². The standard InChI is InChI=1S/C14H17ClN2O/c1-9-10(2)16-17(11(9)3)8-14(18)12-5-4-6-13(15)7-12/h4-7,14,18H,8H2,1-3H3/t14-/m1/s1. The molecule has 1 atom stereocenters. The van der Waals surface area contributed by atoms with Crippen LogP contribution in [0, 0.1) is 20.8 Å². The molecule has 2 aromatic rings. The number of benzene rings is 1. The lowest BCUT2D eigenvalue weighted by Crippen LogP contribution is -2.11. The number of aromatic nitrogens is 2. The van der Waals surface area contributed by atoms with Crippen LogP contribution in [0.3, 0.4) is 0 Å². The first-order valence-electron chi connectivity index (χ1n) is 5.93. The van der Waals surface area contributed by atoms with Crippen molar-refractivity contribution >= 4 is 11.6 Å². The average Bonchev–Trinajstić information content (AvgIpc) is 2.57. The van der Waals surface area contributed by atoms with Crippen LogP contribution in [0.25, 0.3) is 0 Å². The van der Waals surface area contributed by atoms with Gasteiger partial charge in [-0.15, -0.1) is 0 Å². The molecule has 0 saturated carbocycles. The molecular formula is C14H17ClN2O. The van der Waals surface area contributed by atoms with Gasteiger partial charge in [0.05, 0.1) is 18.3 Å². The Morgan fingerprint density at radius 2 is 2.06 bits per heavy atom. The zero-order valence-corrected chi connectivity index (χ0v) is 11.6. The van der Waals surface area contributed by atoms with E-state index in [4.69, 9.17) is 11.6 Å². The molecule has 0 fully saturated rings. The first-order valence-corrected chi connectivity index (χ1v) is 6.31. The van der Waals surface area contributed by atoms with Gasteiger partial charge in [-0.3, -0.25) is 4.68 Å². The van der Waals surface area contributed by atoms with Crippen molar-refractivity contribution in [3.63, 3.8) is 0 Å². The van der Waals surface area contributed by atoms with E-state index in [-0.39, 0.29) is 0 Å². The van der Waals surface area contributed by atoms with Crippen molar-refractivity contribution in [1.29, 1.82) is 0 Å². The number of rotatable bonds is 3. The molecule has 4 heteroatoms. The summed E-state index contributed by atoms with van der Waals surface area (Å²) in [6.07, 6.45) is -0.596. The molecule has 0 radical (unpaired) electrons. The highest BCUT2D eigenvalue weighted by Gasteiger charge is 2.13. The summed E-state index contributed by atoms with van der Waals surface area (Å²) in [5, 5.41) is 15.3. The van der Waals surface area contributed by atoms with Gasteiger partial charge in [0, 0.05) is 10.7 Å². The Hall–Kier alpha value is -1.32. The molecule has 1 N–H and O–H groups in total. The van der Waals surface area contributed by atoms with Gasteiger partial charge in [-0.1, -0.05) is 23.7 Å². The van der Waals surface area contributed by atoms with Crippen molar-refractivity contribution in [2.24, 2.45) is 0 Å². The highest BCUT2D eigenvalue weighted by atomic mass is 35.5. The number of hydrogen-bond acceptors (Lipinski definition) is 2. The highest BCUT2D eigenvalue weighted by Crippen LogP contribution is 2.20. The Morgan fingerprint density at radius 3 is 2.61 bits per heavy atom. The minimum Gasteiger partial charge on any atom is -0.386 e. The smallest absolute Gasteiger partial charge is 0.0986 e. The molecule has 1 aromatic heterocycles. The van der Waals surface area contributed by atoms with E-state index in [1.165, 1.54) is 5.56 Å². The third kappa shape index (κ3) is 2.57. The summed E-state index contributed by atoms with van der Waals surface area (Å²) < 4.78 is 1.84. The van der Waals surface area contributed by atoms with Crippen LogP contribution in [0.15, 0.2) is 24.3 Å². The molecule has 1 heterocycles. The number of halogens is 1. The van der Waals surface area contributed by atoms with Crippen molar-refractivity contribution < 1.29 is 5.11 Å². The summed E-state index contributed by atoms with van der Waals surface area (Å²) in [5.74, 6) is 0. The Balaban J connectivity index is 2.21. The van der Waals surface area contributed by atoms with Gasteiger partial charge in [-0.2, -0.15) is 5.10 Å². The fourth-order valence-corrected chi connectivity index (χ4v) is 2.15. The second kappa shape index (κ2) is 5.12. The molecule has 0 spiro atoms. The van der Waals surface area contributed by atoms with E-state index in [9.17, 15) is 5.11 Å². The number of hydrogen-bond donors (Lipinski definition) is 1. The van der Waals surface area contributed by atoms with E-state index in [0.29, 0.717) is 11.6 Å². The Bertz CT molecular complexity index is 563. The first-order chi connectivity index (χ1) is 8.49. The van der Waals surface area contributed by atoms with Gasteiger partial charge in [0.15, 0.2) is 0 Å². The maximum atomic E-state index is 10.2. The largest absolute Gasteiger partial charge is 0.386 e. The Labute approximate surface area is 112 Å². The third-order valence-electron chi connectivity index (χ3n) is 3.32. The minimum absolute atomic E-state index is 0.445. The Kier molecular flexibility index (Phi) is 3.73. The zero-order valence-electron chi connectivity index (χ0n) is 10.8. The van der Waals surface area contributed by atoms with Crippen molar-refractivity contribution in [1.82, 2.24) is 9.78 Å². The van der Waals surface area contributed by atoms with Gasteiger partial charge < -0.3 is 5.11 Å². The van der Waals surface area contributed by atoms with Crippen LogP contribution < -0.4 is 0 Å². The van der Waals surface area contributed by atoms with Gasteiger partial charge in [0.1, 0.15) is 0 Å². The number of aliphatic hydroxyl groups excluding tert-OH is 1. The van der Waals surface area contributed by atoms with Crippen LogP contribution in [0.5, 0.6) is 0 Å². The van der Waals surface area contributed by atoms with E-state index >= 15 is 0 Å². The molecule has 0 aliphatic heterocycles. The summed E-state index contributed by atoms with van der Waals surface area (Å²) in [4.78, 5) is 0. The second-order valence-corrected chi connectivity index (χ2v) is 4.99. The predicted octanol–water partition coefficient (Wildman–Crippen LogP) is 3.20. The third-order valence-corrected chi connectivity index (χ3v) is 3.56. The topological polar surface area (TPSA) is 38.0 Å². The lowest BCUT2D eigenvalue weighted by Gasteiger charge is -2.13. The number of nitrogens with zero attached hydrogens (tertiary/aromatic N) is 2. The van der Waals surface area contributed by atoms with Crippen molar-refractivity contribution in [2.75, 3.05) is 0 Å². The summed E-state index contributed by atoms with van der Waals surface area (Å²) in [6.45, 7) is 6.48. The van der Waals surface area contributed by atoms with Gasteiger partial charge in [-0.05, 0) is 44.0 Å². The van der Waals surface area contributed by atoms with E-state index < -0.39 is 6.10 Å². The average molecular weight is 265 g/mol. The van der Waals surface area contributed by atoms with Crippen LogP contribution in [-0.4, -0.2) is 14.9 Å².